The number of benzene rings is 1. The summed E-state index contributed by atoms with van der Waals surface area (Å²) in [5, 5.41) is 27.7. The van der Waals surface area contributed by atoms with Gasteiger partial charge >= 0.3 is 0 Å². The molecule has 0 unspecified atom stereocenters. The third-order valence-corrected chi connectivity index (χ3v) is 7.42. The van der Waals surface area contributed by atoms with Crippen LogP contribution in [0.5, 0.6) is 0 Å². The van der Waals surface area contributed by atoms with Gasteiger partial charge in [-0.2, -0.15) is 0 Å². The van der Waals surface area contributed by atoms with E-state index in [1.165, 1.54) is 0 Å². The van der Waals surface area contributed by atoms with E-state index in [9.17, 15) is 15.0 Å². The minimum Gasteiger partial charge on any atom is -0.390 e. The molecule has 0 aromatic heterocycles. The number of hydrogen-bond acceptors (Lipinski definition) is 7. The molecular formula is C21H30N4O4S2. The average molecular weight is 467 g/mol. The summed E-state index contributed by atoms with van der Waals surface area (Å²) in [6, 6.07) is 7.11. The van der Waals surface area contributed by atoms with E-state index >= 15 is 0 Å². The van der Waals surface area contributed by atoms with Gasteiger partial charge in [0.25, 0.3) is 0 Å². The molecule has 31 heavy (non-hydrogen) atoms. The number of nitrogens with one attached hydrogen (secondary N) is 2. The molecular weight excluding hydrogens is 436 g/mol. The lowest BCUT2D eigenvalue weighted by atomic mass is 9.77. The van der Waals surface area contributed by atoms with Gasteiger partial charge in [0, 0.05) is 36.8 Å². The smallest absolute Gasteiger partial charge is 0.225 e. The maximum atomic E-state index is 13.2. The van der Waals surface area contributed by atoms with E-state index in [1.807, 2.05) is 35.4 Å². The summed E-state index contributed by atoms with van der Waals surface area (Å²) >= 11 is 7.22. The molecule has 2 heterocycles. The molecule has 1 aliphatic carbocycles. The SMILES string of the molecule is CSc1ccc(N2C(=S)N[C@H]3[C@@H](O)[C@H](O)C[C@@H](C(=O)NCCN4CCOCC4)[C@H]32)cc1. The van der Waals surface area contributed by atoms with Crippen LogP contribution in [-0.4, -0.2) is 96.1 Å². The molecule has 3 aliphatic rings. The van der Waals surface area contributed by atoms with Gasteiger partial charge in [0.2, 0.25) is 5.91 Å². The van der Waals surface area contributed by atoms with Gasteiger partial charge in [-0.05, 0) is 49.2 Å². The highest BCUT2D eigenvalue weighted by Gasteiger charge is 2.53. The summed E-state index contributed by atoms with van der Waals surface area (Å²) < 4.78 is 5.36. The van der Waals surface area contributed by atoms with Gasteiger partial charge < -0.3 is 30.5 Å². The number of hydrogen-bond donors (Lipinski definition) is 4. The van der Waals surface area contributed by atoms with Gasteiger partial charge in [0.15, 0.2) is 5.11 Å². The second kappa shape index (κ2) is 10.0. The maximum Gasteiger partial charge on any atom is 0.225 e. The third kappa shape index (κ3) is 4.84. The molecule has 0 radical (unpaired) electrons. The van der Waals surface area contributed by atoms with E-state index in [-0.39, 0.29) is 18.4 Å². The molecule has 0 bridgehead atoms. The zero-order chi connectivity index (χ0) is 22.0. The summed E-state index contributed by atoms with van der Waals surface area (Å²) in [7, 11) is 0. The number of fused-ring (bicyclic) bond motifs is 1. The summed E-state index contributed by atoms with van der Waals surface area (Å²) in [4.78, 5) is 18.5. The van der Waals surface area contributed by atoms with Crippen molar-refractivity contribution in [2.24, 2.45) is 5.92 Å². The number of aliphatic hydroxyl groups is 2. The molecule has 1 amide bonds. The van der Waals surface area contributed by atoms with Crippen LogP contribution < -0.4 is 15.5 Å². The fourth-order valence-electron chi connectivity index (χ4n) is 4.68. The zero-order valence-electron chi connectivity index (χ0n) is 17.6. The van der Waals surface area contributed by atoms with E-state index < -0.39 is 24.2 Å². The second-order valence-corrected chi connectivity index (χ2v) is 9.45. The van der Waals surface area contributed by atoms with E-state index in [0.29, 0.717) is 11.7 Å². The Morgan fingerprint density at radius 3 is 2.68 bits per heavy atom. The van der Waals surface area contributed by atoms with Crippen LogP contribution >= 0.6 is 24.0 Å². The Morgan fingerprint density at radius 2 is 2.00 bits per heavy atom. The lowest BCUT2D eigenvalue weighted by Gasteiger charge is -2.41. The molecule has 8 nitrogen and oxygen atoms in total. The van der Waals surface area contributed by atoms with Gasteiger partial charge in [-0.3, -0.25) is 9.69 Å². The van der Waals surface area contributed by atoms with Crippen molar-refractivity contribution in [2.45, 2.75) is 35.6 Å². The average Bonchev–Trinajstić information content (AvgIpc) is 3.14. The summed E-state index contributed by atoms with van der Waals surface area (Å²) in [6.45, 7) is 4.47. The van der Waals surface area contributed by atoms with E-state index in [4.69, 9.17) is 17.0 Å². The zero-order valence-corrected chi connectivity index (χ0v) is 19.2. The first-order chi connectivity index (χ1) is 15.0. The first kappa shape index (κ1) is 22.8. The van der Waals surface area contributed by atoms with Gasteiger partial charge in [0.05, 0.1) is 37.3 Å². The van der Waals surface area contributed by atoms with Crippen LogP contribution in [0.15, 0.2) is 29.2 Å². The van der Waals surface area contributed by atoms with E-state index in [1.54, 1.807) is 11.8 Å². The van der Waals surface area contributed by atoms with Crippen LogP contribution in [0.2, 0.25) is 0 Å². The number of carbonyl (C=O) groups excluding carboxylic acids is 1. The lowest BCUT2D eigenvalue weighted by molar-refractivity contribution is -0.131. The normalized spacial score (nSPS) is 31.3. The van der Waals surface area contributed by atoms with Gasteiger partial charge in [0.1, 0.15) is 6.10 Å². The van der Waals surface area contributed by atoms with Crippen LogP contribution in [0.1, 0.15) is 6.42 Å². The minimum absolute atomic E-state index is 0.119. The van der Waals surface area contributed by atoms with Crippen LogP contribution in [0, 0.1) is 5.92 Å². The molecule has 170 valence electrons. The van der Waals surface area contributed by atoms with Crippen molar-refractivity contribution in [3.8, 4) is 0 Å². The Bertz CT molecular complexity index is 790. The van der Waals surface area contributed by atoms with Crippen molar-refractivity contribution in [1.29, 1.82) is 0 Å². The molecule has 1 saturated carbocycles. The summed E-state index contributed by atoms with van der Waals surface area (Å²) in [5.74, 6) is -0.618. The topological polar surface area (TPSA) is 97.3 Å². The largest absolute Gasteiger partial charge is 0.390 e. The fourth-order valence-corrected chi connectivity index (χ4v) is 5.45. The molecule has 1 aromatic rings. The highest BCUT2D eigenvalue weighted by atomic mass is 32.2. The van der Waals surface area contributed by atoms with E-state index in [2.05, 4.69) is 15.5 Å². The minimum atomic E-state index is -0.990. The Labute approximate surface area is 192 Å². The van der Waals surface area contributed by atoms with Crippen molar-refractivity contribution in [2.75, 3.05) is 50.5 Å². The molecule has 3 fully saturated rings. The Morgan fingerprint density at radius 1 is 1.29 bits per heavy atom. The number of amides is 1. The Balaban J connectivity index is 1.49. The molecule has 4 N–H and O–H groups in total. The first-order valence-electron chi connectivity index (χ1n) is 10.7. The number of ether oxygens (including phenoxy) is 1. The molecule has 1 aromatic carbocycles. The molecule has 4 rings (SSSR count). The standard InChI is InChI=1S/C21H30N4O4S2/c1-31-14-4-2-13(3-5-14)25-18-15(12-16(26)19(27)17(18)23-21(25)30)20(28)22-6-7-24-8-10-29-11-9-24/h2-5,15-19,26-27H,6-12H2,1H3,(H,22,28)(H,23,30)/t15-,16-,17-,18-,19+/m1/s1. The number of rotatable bonds is 6. The monoisotopic (exact) mass is 466 g/mol. The number of anilines is 1. The van der Waals surface area contributed by atoms with Crippen molar-refractivity contribution in [3.05, 3.63) is 24.3 Å². The summed E-state index contributed by atoms with van der Waals surface area (Å²) in [5.41, 5.74) is 0.873. The van der Waals surface area contributed by atoms with Crippen LogP contribution in [0.25, 0.3) is 0 Å². The van der Waals surface area contributed by atoms with Crippen LogP contribution in [0.4, 0.5) is 5.69 Å². The van der Waals surface area contributed by atoms with Gasteiger partial charge in [-0.1, -0.05) is 0 Å². The number of aliphatic hydroxyl groups excluding tert-OH is 2. The Hall–Kier alpha value is -1.43. The number of carbonyl (C=O) groups is 1. The van der Waals surface area contributed by atoms with Crippen molar-refractivity contribution < 1.29 is 19.7 Å². The fraction of sp³-hybridized carbons (Fsp3) is 0.619. The first-order valence-corrected chi connectivity index (χ1v) is 12.3. The molecule has 2 saturated heterocycles. The van der Waals surface area contributed by atoms with Crippen LogP contribution in [0.3, 0.4) is 0 Å². The number of nitrogens with zero attached hydrogens (tertiary/aromatic N) is 2. The lowest BCUT2D eigenvalue weighted by Crippen LogP contribution is -2.61. The predicted octanol–water partition coefficient (Wildman–Crippen LogP) is 0.0303. The molecule has 2 aliphatic heterocycles. The van der Waals surface area contributed by atoms with Gasteiger partial charge in [-0.25, -0.2) is 0 Å². The second-order valence-electron chi connectivity index (χ2n) is 8.18. The quantitative estimate of drug-likeness (QED) is 0.342. The van der Waals surface area contributed by atoms with Crippen LogP contribution in [-0.2, 0) is 9.53 Å². The Kier molecular flexibility index (Phi) is 7.35. The number of morpholine rings is 1. The summed E-state index contributed by atoms with van der Waals surface area (Å²) in [6.07, 6.45) is 0.236. The number of thioether (sulfide) groups is 1. The maximum absolute atomic E-state index is 13.2. The van der Waals surface area contributed by atoms with Crippen molar-refractivity contribution >= 4 is 40.7 Å². The van der Waals surface area contributed by atoms with Crippen molar-refractivity contribution in [3.63, 3.8) is 0 Å². The molecule has 10 heteroatoms. The predicted molar refractivity (Wildman–Crippen MR) is 124 cm³/mol. The third-order valence-electron chi connectivity index (χ3n) is 6.36. The van der Waals surface area contributed by atoms with Gasteiger partial charge in [-0.15, -0.1) is 11.8 Å². The highest BCUT2D eigenvalue weighted by molar-refractivity contribution is 7.98. The molecule has 0 spiro atoms. The molecule has 5 atom stereocenters. The van der Waals surface area contributed by atoms with E-state index in [0.717, 1.165) is 43.4 Å². The highest BCUT2D eigenvalue weighted by Crippen LogP contribution is 2.37. The van der Waals surface area contributed by atoms with Crippen molar-refractivity contribution in [1.82, 2.24) is 15.5 Å². The number of thiocarbonyl (C=S) groups is 1.